The van der Waals surface area contributed by atoms with Gasteiger partial charge in [0.05, 0.1) is 14.2 Å². The third-order valence-electron chi connectivity index (χ3n) is 6.58. The monoisotopic (exact) mass is 520 g/mol. The normalized spacial score (nSPS) is 14.8. The summed E-state index contributed by atoms with van der Waals surface area (Å²) >= 11 is 12.8. The van der Waals surface area contributed by atoms with Gasteiger partial charge in [0.15, 0.2) is 11.5 Å². The fourth-order valence-corrected chi connectivity index (χ4v) is 4.95. The lowest BCUT2D eigenvalue weighted by Gasteiger charge is -2.31. The number of hydrogen-bond donors (Lipinski definition) is 1. The lowest BCUT2D eigenvalue weighted by Crippen LogP contribution is -2.50. The highest BCUT2D eigenvalue weighted by molar-refractivity contribution is 6.36. The van der Waals surface area contributed by atoms with Crippen molar-refractivity contribution >= 4 is 35.0 Å². The maximum Gasteiger partial charge on any atom is 0.242 e. The molecule has 190 valence electrons. The van der Waals surface area contributed by atoms with Crippen molar-refractivity contribution in [3.8, 4) is 11.5 Å². The number of hydrogen-bond acceptors (Lipinski definition) is 4. The number of rotatable bonds is 10. The van der Waals surface area contributed by atoms with Crippen molar-refractivity contribution in [2.75, 3.05) is 14.2 Å². The molecule has 8 heteroatoms. The summed E-state index contributed by atoms with van der Waals surface area (Å²) in [6.45, 7) is 1.92. The fraction of sp³-hybridized carbons (Fsp3) is 0.481. The first-order chi connectivity index (χ1) is 16.8. The Hall–Kier alpha value is -2.44. The van der Waals surface area contributed by atoms with Gasteiger partial charge in [0.2, 0.25) is 11.8 Å². The van der Waals surface area contributed by atoms with E-state index in [4.69, 9.17) is 32.7 Å². The molecule has 1 fully saturated rings. The van der Waals surface area contributed by atoms with E-state index in [1.165, 1.54) is 6.42 Å². The van der Waals surface area contributed by atoms with Gasteiger partial charge in [0.25, 0.3) is 0 Å². The first-order valence-electron chi connectivity index (χ1n) is 12.1. The van der Waals surface area contributed by atoms with Crippen LogP contribution in [0.4, 0.5) is 0 Å². The second-order valence-corrected chi connectivity index (χ2v) is 9.75. The highest BCUT2D eigenvalue weighted by atomic mass is 35.5. The van der Waals surface area contributed by atoms with E-state index in [9.17, 15) is 9.59 Å². The Balaban J connectivity index is 1.77. The number of ether oxygens (including phenoxy) is 2. The number of benzene rings is 2. The topological polar surface area (TPSA) is 67.9 Å². The maximum absolute atomic E-state index is 13.5. The van der Waals surface area contributed by atoms with Gasteiger partial charge in [-0.3, -0.25) is 9.59 Å². The van der Waals surface area contributed by atoms with Crippen LogP contribution < -0.4 is 14.8 Å². The highest BCUT2D eigenvalue weighted by Gasteiger charge is 2.29. The van der Waals surface area contributed by atoms with Crippen molar-refractivity contribution in [2.24, 2.45) is 0 Å². The van der Waals surface area contributed by atoms with Crippen LogP contribution >= 0.6 is 23.2 Å². The molecule has 35 heavy (non-hydrogen) atoms. The number of nitrogens with zero attached hydrogens (tertiary/aromatic N) is 1. The molecule has 0 heterocycles. The molecule has 0 saturated heterocycles. The molecule has 6 nitrogen and oxygen atoms in total. The van der Waals surface area contributed by atoms with E-state index in [1.807, 2.05) is 18.2 Å². The Kier molecular flexibility index (Phi) is 10.1. The van der Waals surface area contributed by atoms with Gasteiger partial charge in [0, 0.05) is 34.6 Å². The summed E-state index contributed by atoms with van der Waals surface area (Å²) in [6, 6.07) is 10.3. The van der Waals surface area contributed by atoms with Gasteiger partial charge < -0.3 is 19.7 Å². The summed E-state index contributed by atoms with van der Waals surface area (Å²) in [6.07, 6.45) is 6.09. The van der Waals surface area contributed by atoms with Crippen LogP contribution in [0, 0.1) is 0 Å². The third-order valence-corrected chi connectivity index (χ3v) is 7.29. The average Bonchev–Trinajstić information content (AvgIpc) is 2.87. The molecule has 0 unspecified atom stereocenters. The molecule has 0 aromatic heterocycles. The number of carbonyl (C=O) groups is 2. The lowest BCUT2D eigenvalue weighted by molar-refractivity contribution is -0.141. The number of nitrogens with one attached hydrogen (secondary N) is 1. The minimum Gasteiger partial charge on any atom is -0.493 e. The van der Waals surface area contributed by atoms with Gasteiger partial charge in [0.1, 0.15) is 6.04 Å². The van der Waals surface area contributed by atoms with Gasteiger partial charge in [-0.1, -0.05) is 54.6 Å². The zero-order valence-electron chi connectivity index (χ0n) is 20.6. The Morgan fingerprint density at radius 1 is 1.03 bits per heavy atom. The fourth-order valence-electron chi connectivity index (χ4n) is 4.44. The summed E-state index contributed by atoms with van der Waals surface area (Å²) < 4.78 is 10.7. The number of carbonyl (C=O) groups excluding carboxylic acids is 2. The quantitative estimate of drug-likeness (QED) is 0.429. The molecule has 2 aromatic rings. The average molecular weight is 521 g/mol. The molecule has 1 aliphatic rings. The molecule has 1 atom stereocenters. The summed E-state index contributed by atoms with van der Waals surface area (Å²) in [7, 11) is 3.16. The SMILES string of the molecule is COc1ccc(CCC(=O)N(Cc2c(Cl)cccc2Cl)[C@H](C)C(=O)NC2CCCCC2)cc1OC. The molecule has 1 N–H and O–H groups in total. The predicted molar refractivity (Wildman–Crippen MR) is 139 cm³/mol. The van der Waals surface area contributed by atoms with Crippen molar-refractivity contribution in [3.05, 3.63) is 57.6 Å². The van der Waals surface area contributed by atoms with Crippen LogP contribution in [0.1, 0.15) is 56.6 Å². The van der Waals surface area contributed by atoms with Crippen LogP contribution in [0.15, 0.2) is 36.4 Å². The lowest BCUT2D eigenvalue weighted by atomic mass is 9.95. The molecule has 1 aliphatic carbocycles. The summed E-state index contributed by atoms with van der Waals surface area (Å²) in [4.78, 5) is 28.2. The van der Waals surface area contributed by atoms with Gasteiger partial charge in [-0.15, -0.1) is 0 Å². The van der Waals surface area contributed by atoms with Crippen molar-refractivity contribution in [1.82, 2.24) is 10.2 Å². The van der Waals surface area contributed by atoms with Crippen LogP contribution in [0.2, 0.25) is 10.0 Å². The van der Waals surface area contributed by atoms with Crippen LogP contribution in [0.5, 0.6) is 11.5 Å². The molecule has 0 aliphatic heterocycles. The Morgan fingerprint density at radius 3 is 2.31 bits per heavy atom. The molecular formula is C27H34Cl2N2O4. The first-order valence-corrected chi connectivity index (χ1v) is 12.8. The molecule has 0 spiro atoms. The minimum absolute atomic E-state index is 0.151. The number of amides is 2. The number of aryl methyl sites for hydroxylation is 1. The molecule has 2 amide bonds. The largest absolute Gasteiger partial charge is 0.493 e. The number of halogens is 2. The van der Waals surface area contributed by atoms with Crippen LogP contribution in [0.25, 0.3) is 0 Å². The highest BCUT2D eigenvalue weighted by Crippen LogP contribution is 2.29. The molecule has 2 aromatic carbocycles. The molecular weight excluding hydrogens is 487 g/mol. The Labute approximate surface area is 217 Å². The van der Waals surface area contributed by atoms with E-state index >= 15 is 0 Å². The first kappa shape index (κ1) is 27.2. The standard InChI is InChI=1S/C27H34Cl2N2O4/c1-18(27(33)30-20-8-5-4-6-9-20)31(17-21-22(28)10-7-11-23(21)29)26(32)15-13-19-12-14-24(34-2)25(16-19)35-3/h7,10-12,14,16,18,20H,4-6,8-9,13,15,17H2,1-3H3,(H,30,33)/t18-/m1/s1. The van der Waals surface area contributed by atoms with Crippen LogP contribution in [0.3, 0.4) is 0 Å². The van der Waals surface area contributed by atoms with E-state index < -0.39 is 6.04 Å². The second-order valence-electron chi connectivity index (χ2n) is 8.93. The van der Waals surface area contributed by atoms with E-state index in [-0.39, 0.29) is 30.8 Å². The van der Waals surface area contributed by atoms with Crippen molar-refractivity contribution in [2.45, 2.75) is 70.5 Å². The zero-order valence-corrected chi connectivity index (χ0v) is 22.1. The van der Waals surface area contributed by atoms with Gasteiger partial charge in [-0.2, -0.15) is 0 Å². The van der Waals surface area contributed by atoms with Gasteiger partial charge in [-0.25, -0.2) is 0 Å². The molecule has 3 rings (SSSR count). The minimum atomic E-state index is -0.665. The maximum atomic E-state index is 13.5. The van der Waals surface area contributed by atoms with E-state index in [0.717, 1.165) is 31.2 Å². The van der Waals surface area contributed by atoms with Crippen molar-refractivity contribution < 1.29 is 19.1 Å². The predicted octanol–water partition coefficient (Wildman–Crippen LogP) is 5.81. The van der Waals surface area contributed by atoms with Crippen molar-refractivity contribution in [3.63, 3.8) is 0 Å². The second kappa shape index (κ2) is 13.0. The number of methoxy groups -OCH3 is 2. The van der Waals surface area contributed by atoms with E-state index in [1.54, 1.807) is 44.2 Å². The summed E-state index contributed by atoms with van der Waals surface area (Å²) in [5.41, 5.74) is 1.57. The van der Waals surface area contributed by atoms with Crippen LogP contribution in [-0.4, -0.2) is 43.0 Å². The Morgan fingerprint density at radius 2 is 1.69 bits per heavy atom. The summed E-state index contributed by atoms with van der Waals surface area (Å²) in [5.74, 6) is 0.935. The zero-order chi connectivity index (χ0) is 25.4. The van der Waals surface area contributed by atoms with Gasteiger partial charge in [-0.05, 0) is 56.0 Å². The summed E-state index contributed by atoms with van der Waals surface area (Å²) in [5, 5.41) is 4.08. The van der Waals surface area contributed by atoms with Crippen LogP contribution in [-0.2, 0) is 22.6 Å². The molecule has 0 bridgehead atoms. The third kappa shape index (κ3) is 7.28. The molecule has 0 radical (unpaired) electrons. The van der Waals surface area contributed by atoms with E-state index in [0.29, 0.717) is 33.5 Å². The molecule has 1 saturated carbocycles. The van der Waals surface area contributed by atoms with Crippen molar-refractivity contribution in [1.29, 1.82) is 0 Å². The Bertz CT molecular complexity index is 1000. The van der Waals surface area contributed by atoms with Gasteiger partial charge >= 0.3 is 0 Å². The smallest absolute Gasteiger partial charge is 0.242 e. The van der Waals surface area contributed by atoms with E-state index in [2.05, 4.69) is 5.32 Å².